The molecule has 1 aromatic carbocycles. The zero-order valence-electron chi connectivity index (χ0n) is 16.0. The van der Waals surface area contributed by atoms with E-state index in [0.29, 0.717) is 24.4 Å². The Morgan fingerprint density at radius 2 is 1.83 bits per heavy atom. The van der Waals surface area contributed by atoms with Gasteiger partial charge in [-0.15, -0.1) is 0 Å². The fourth-order valence-corrected chi connectivity index (χ4v) is 3.26. The number of nitrogens with one attached hydrogen (secondary N) is 3. The van der Waals surface area contributed by atoms with Gasteiger partial charge in [-0.1, -0.05) is 24.6 Å². The van der Waals surface area contributed by atoms with Gasteiger partial charge in [0.25, 0.3) is 0 Å². The normalized spacial score (nSPS) is 19.0. The van der Waals surface area contributed by atoms with Crippen molar-refractivity contribution in [3.05, 3.63) is 54.0 Å². The van der Waals surface area contributed by atoms with E-state index in [2.05, 4.69) is 16.2 Å². The van der Waals surface area contributed by atoms with E-state index in [9.17, 15) is 22.8 Å². The minimum Gasteiger partial charge on any atom is -0.486 e. The summed E-state index contributed by atoms with van der Waals surface area (Å²) in [5.74, 6) is -1.11. The van der Waals surface area contributed by atoms with Crippen LogP contribution >= 0.6 is 0 Å². The number of para-hydroxylation sites is 1. The average molecular weight is 425 g/mol. The first kappa shape index (κ1) is 21.5. The predicted octanol–water partition coefficient (Wildman–Crippen LogP) is 3.92. The molecule has 1 aromatic heterocycles. The monoisotopic (exact) mass is 425 g/mol. The highest BCUT2D eigenvalue weighted by Crippen LogP contribution is 2.37. The van der Waals surface area contributed by atoms with Crippen molar-refractivity contribution >= 4 is 11.9 Å². The number of halogens is 3. The third-order valence-corrected chi connectivity index (χ3v) is 4.77. The molecule has 3 amide bonds. The van der Waals surface area contributed by atoms with Crippen molar-refractivity contribution < 1.29 is 31.9 Å². The molecular weight excluding hydrogens is 403 g/mol. The van der Waals surface area contributed by atoms with Gasteiger partial charge in [0.2, 0.25) is 0 Å². The van der Waals surface area contributed by atoms with Crippen molar-refractivity contribution in [2.24, 2.45) is 5.92 Å². The van der Waals surface area contributed by atoms with E-state index in [4.69, 9.17) is 9.15 Å². The zero-order valence-corrected chi connectivity index (χ0v) is 16.0. The summed E-state index contributed by atoms with van der Waals surface area (Å²) in [5.41, 5.74) is 4.29. The van der Waals surface area contributed by atoms with Crippen LogP contribution in [0.1, 0.15) is 42.0 Å². The molecule has 3 N–H and O–H groups in total. The largest absolute Gasteiger partial charge is 0.486 e. The van der Waals surface area contributed by atoms with Crippen molar-refractivity contribution in [2.75, 3.05) is 0 Å². The fourth-order valence-electron chi connectivity index (χ4n) is 3.26. The molecule has 1 saturated carbocycles. The summed E-state index contributed by atoms with van der Waals surface area (Å²) in [6.07, 6.45) is -3.55. The summed E-state index contributed by atoms with van der Waals surface area (Å²) in [7, 11) is 0. The van der Waals surface area contributed by atoms with Crippen LogP contribution in [0.3, 0.4) is 0 Å². The fraction of sp³-hybridized carbons (Fsp3) is 0.400. The molecular formula is C20H22F3N3O4. The number of hydrazine groups is 1. The Bertz CT molecular complexity index is 854. The lowest BCUT2D eigenvalue weighted by atomic mass is 9.85. The van der Waals surface area contributed by atoms with Crippen molar-refractivity contribution in [3.8, 4) is 5.75 Å². The molecule has 1 heterocycles. The average Bonchev–Trinajstić information content (AvgIpc) is 3.20. The van der Waals surface area contributed by atoms with E-state index < -0.39 is 30.1 Å². The molecule has 2 aromatic rings. The molecule has 3 rings (SSSR count). The van der Waals surface area contributed by atoms with Gasteiger partial charge in [0, 0.05) is 6.04 Å². The summed E-state index contributed by atoms with van der Waals surface area (Å²) in [6.45, 7) is 0.118. The highest BCUT2D eigenvalue weighted by molar-refractivity contribution is 5.92. The first-order chi connectivity index (χ1) is 14.3. The van der Waals surface area contributed by atoms with E-state index in [-0.39, 0.29) is 25.2 Å². The van der Waals surface area contributed by atoms with Gasteiger partial charge in [0.15, 0.2) is 5.76 Å². The second-order valence-electron chi connectivity index (χ2n) is 7.02. The highest BCUT2D eigenvalue weighted by Gasteiger charge is 2.42. The Morgan fingerprint density at radius 3 is 2.57 bits per heavy atom. The molecule has 7 nitrogen and oxygen atoms in total. The Balaban J connectivity index is 1.42. The SMILES string of the molecule is O=C(NNC(=O)c1ccc(COc2ccccc2)o1)N[C@H]1CCC[C@@H](C(F)(F)F)C1. The summed E-state index contributed by atoms with van der Waals surface area (Å²) in [4.78, 5) is 24.0. The lowest BCUT2D eigenvalue weighted by molar-refractivity contribution is -0.183. The van der Waals surface area contributed by atoms with Crippen LogP contribution in [0, 0.1) is 5.92 Å². The molecule has 1 aliphatic carbocycles. The number of carbonyl (C=O) groups excluding carboxylic acids is 2. The van der Waals surface area contributed by atoms with Crippen LogP contribution in [0.25, 0.3) is 0 Å². The lowest BCUT2D eigenvalue weighted by Gasteiger charge is -2.30. The van der Waals surface area contributed by atoms with Gasteiger partial charge in [-0.25, -0.2) is 10.2 Å². The molecule has 0 unspecified atom stereocenters. The molecule has 0 bridgehead atoms. The maximum absolute atomic E-state index is 12.8. The van der Waals surface area contributed by atoms with Crippen LogP contribution in [-0.4, -0.2) is 24.2 Å². The van der Waals surface area contributed by atoms with Gasteiger partial charge in [-0.2, -0.15) is 13.2 Å². The van der Waals surface area contributed by atoms with E-state index in [1.54, 1.807) is 18.2 Å². The topological polar surface area (TPSA) is 92.6 Å². The van der Waals surface area contributed by atoms with Crippen molar-refractivity contribution in [1.82, 2.24) is 16.2 Å². The third-order valence-electron chi connectivity index (χ3n) is 4.77. The number of hydrogen-bond acceptors (Lipinski definition) is 4. The van der Waals surface area contributed by atoms with E-state index in [1.807, 2.05) is 18.2 Å². The van der Waals surface area contributed by atoms with Crippen molar-refractivity contribution in [2.45, 2.75) is 44.5 Å². The molecule has 0 spiro atoms. The Kier molecular flexibility index (Phi) is 6.86. The van der Waals surface area contributed by atoms with Gasteiger partial charge in [-0.05, 0) is 43.5 Å². The summed E-state index contributed by atoms with van der Waals surface area (Å²) in [6, 6.07) is 10.7. The molecule has 0 aliphatic heterocycles. The summed E-state index contributed by atoms with van der Waals surface area (Å²) >= 11 is 0. The molecule has 1 fully saturated rings. The van der Waals surface area contributed by atoms with Crippen LogP contribution < -0.4 is 20.9 Å². The summed E-state index contributed by atoms with van der Waals surface area (Å²) < 4.78 is 49.4. The van der Waals surface area contributed by atoms with E-state index in [1.165, 1.54) is 6.07 Å². The number of furan rings is 1. The van der Waals surface area contributed by atoms with Crippen molar-refractivity contribution in [3.63, 3.8) is 0 Å². The van der Waals surface area contributed by atoms with E-state index in [0.717, 1.165) is 0 Å². The van der Waals surface area contributed by atoms with Gasteiger partial charge in [0.1, 0.15) is 18.1 Å². The molecule has 0 saturated heterocycles. The van der Waals surface area contributed by atoms with Crippen molar-refractivity contribution in [1.29, 1.82) is 0 Å². The van der Waals surface area contributed by atoms with Crippen LogP contribution in [-0.2, 0) is 6.61 Å². The molecule has 0 radical (unpaired) electrons. The van der Waals surface area contributed by atoms with Crippen LogP contribution in [0.2, 0.25) is 0 Å². The number of alkyl halides is 3. The number of rotatable bonds is 5. The minimum atomic E-state index is -4.27. The van der Waals surface area contributed by atoms with Crippen LogP contribution in [0.5, 0.6) is 5.75 Å². The first-order valence-electron chi connectivity index (χ1n) is 9.51. The van der Waals surface area contributed by atoms with Gasteiger partial charge < -0.3 is 14.5 Å². The molecule has 162 valence electrons. The second-order valence-corrected chi connectivity index (χ2v) is 7.02. The minimum absolute atomic E-state index is 0.0447. The lowest BCUT2D eigenvalue weighted by Crippen LogP contribution is -2.51. The molecule has 30 heavy (non-hydrogen) atoms. The van der Waals surface area contributed by atoms with Gasteiger partial charge in [0.05, 0.1) is 5.92 Å². The number of urea groups is 1. The number of benzene rings is 1. The Labute approximate surface area is 170 Å². The van der Waals surface area contributed by atoms with Gasteiger partial charge >= 0.3 is 18.1 Å². The van der Waals surface area contributed by atoms with Crippen LogP contribution in [0.15, 0.2) is 46.9 Å². The third kappa shape index (κ3) is 6.16. The molecule has 2 atom stereocenters. The van der Waals surface area contributed by atoms with E-state index >= 15 is 0 Å². The zero-order chi connectivity index (χ0) is 21.6. The van der Waals surface area contributed by atoms with Crippen LogP contribution in [0.4, 0.5) is 18.0 Å². The maximum Gasteiger partial charge on any atom is 0.391 e. The molecule has 1 aliphatic rings. The Hall–Kier alpha value is -3.17. The standard InChI is InChI=1S/C20H22F3N3O4/c21-20(22,23)13-5-4-6-14(11-13)24-19(28)26-25-18(27)17-10-9-16(30-17)12-29-15-7-2-1-3-8-15/h1-3,7-10,13-14H,4-6,11-12H2,(H,25,27)(H2,24,26,28)/t13-,14+/m1/s1. The first-order valence-corrected chi connectivity index (χ1v) is 9.51. The number of carbonyl (C=O) groups is 2. The molecule has 10 heteroatoms. The Morgan fingerprint density at radius 1 is 1.07 bits per heavy atom. The number of ether oxygens (including phenoxy) is 1. The quantitative estimate of drug-likeness (QED) is 0.633. The maximum atomic E-state index is 12.8. The summed E-state index contributed by atoms with van der Waals surface area (Å²) in [5, 5.41) is 2.46. The highest BCUT2D eigenvalue weighted by atomic mass is 19.4. The second kappa shape index (κ2) is 9.55. The van der Waals surface area contributed by atoms with Gasteiger partial charge in [-0.3, -0.25) is 10.2 Å². The number of hydrogen-bond donors (Lipinski definition) is 3. The number of amides is 3. The predicted molar refractivity (Wildman–Crippen MR) is 100 cm³/mol. The smallest absolute Gasteiger partial charge is 0.391 e.